The van der Waals surface area contributed by atoms with Gasteiger partial charge in [-0.15, -0.1) is 0 Å². The van der Waals surface area contributed by atoms with Crippen LogP contribution in [-0.4, -0.2) is 9.97 Å². The fraction of sp³-hybridized carbons (Fsp3) is 0.333. The third kappa shape index (κ3) is 2.81. The van der Waals surface area contributed by atoms with Gasteiger partial charge in [-0.05, 0) is 47.0 Å². The van der Waals surface area contributed by atoms with Crippen molar-refractivity contribution in [3.63, 3.8) is 0 Å². The predicted octanol–water partition coefficient (Wildman–Crippen LogP) is 4.80. The number of hydrogen-bond acceptors (Lipinski definition) is 3. The van der Waals surface area contributed by atoms with Crippen LogP contribution in [0.4, 0.5) is 5.82 Å². The fourth-order valence-corrected chi connectivity index (χ4v) is 3.11. The van der Waals surface area contributed by atoms with E-state index in [2.05, 4.69) is 20.9 Å². The van der Waals surface area contributed by atoms with E-state index in [1.807, 2.05) is 24.3 Å². The predicted molar refractivity (Wildman–Crippen MR) is 85.8 cm³/mol. The summed E-state index contributed by atoms with van der Waals surface area (Å²) < 4.78 is 0.864. The molecule has 2 aromatic rings. The van der Waals surface area contributed by atoms with Crippen LogP contribution >= 0.6 is 27.5 Å². The van der Waals surface area contributed by atoms with Crippen molar-refractivity contribution in [3.05, 3.63) is 39.5 Å². The number of aromatic nitrogens is 2. The van der Waals surface area contributed by atoms with Crippen LogP contribution in [0.2, 0.25) is 5.02 Å². The third-order valence-corrected chi connectivity index (χ3v) is 4.95. The van der Waals surface area contributed by atoms with E-state index >= 15 is 0 Å². The first kappa shape index (κ1) is 13.8. The second-order valence-corrected chi connectivity index (χ2v) is 6.41. The van der Waals surface area contributed by atoms with E-state index in [1.54, 1.807) is 0 Å². The van der Waals surface area contributed by atoms with E-state index in [-0.39, 0.29) is 0 Å². The molecule has 0 saturated heterocycles. The maximum Gasteiger partial charge on any atom is 0.161 e. The molecule has 0 atom stereocenters. The largest absolute Gasteiger partial charge is 0.384 e. The minimum atomic E-state index is 0.518. The van der Waals surface area contributed by atoms with Crippen molar-refractivity contribution in [1.29, 1.82) is 0 Å². The first-order valence-corrected chi connectivity index (χ1v) is 7.90. The molecule has 5 heteroatoms. The van der Waals surface area contributed by atoms with Crippen LogP contribution in [0.1, 0.15) is 37.3 Å². The van der Waals surface area contributed by atoms with Crippen LogP contribution < -0.4 is 5.73 Å². The molecule has 1 aromatic heterocycles. The molecule has 1 aromatic carbocycles. The lowest BCUT2D eigenvalue weighted by Gasteiger charge is -2.11. The number of nitrogens with two attached hydrogens (primary N) is 1. The lowest BCUT2D eigenvalue weighted by atomic mass is 10.0. The maximum atomic E-state index is 6.14. The van der Waals surface area contributed by atoms with E-state index in [0.717, 1.165) is 15.7 Å². The zero-order valence-electron chi connectivity index (χ0n) is 10.9. The van der Waals surface area contributed by atoms with Crippen molar-refractivity contribution in [2.24, 2.45) is 0 Å². The summed E-state index contributed by atoms with van der Waals surface area (Å²) in [5, 5.41) is 0.649. The van der Waals surface area contributed by atoms with E-state index in [4.69, 9.17) is 22.3 Å². The average Bonchev–Trinajstić information content (AvgIpc) is 2.95. The minimum absolute atomic E-state index is 0.518. The Morgan fingerprint density at radius 2 is 1.90 bits per heavy atom. The maximum absolute atomic E-state index is 6.14. The van der Waals surface area contributed by atoms with Gasteiger partial charge in [-0.2, -0.15) is 0 Å². The Labute approximate surface area is 131 Å². The lowest BCUT2D eigenvalue weighted by Crippen LogP contribution is -2.03. The Morgan fingerprint density at radius 1 is 1.15 bits per heavy atom. The normalized spacial score (nSPS) is 15.7. The monoisotopic (exact) mass is 351 g/mol. The van der Waals surface area contributed by atoms with Crippen LogP contribution in [0.3, 0.4) is 0 Å². The minimum Gasteiger partial charge on any atom is -0.384 e. The molecular formula is C15H15BrClN3. The number of rotatable bonds is 2. The van der Waals surface area contributed by atoms with Crippen molar-refractivity contribution < 1.29 is 0 Å². The highest BCUT2D eigenvalue weighted by molar-refractivity contribution is 9.10. The van der Waals surface area contributed by atoms with Gasteiger partial charge in [0.15, 0.2) is 5.82 Å². The van der Waals surface area contributed by atoms with Crippen molar-refractivity contribution in [2.45, 2.75) is 31.6 Å². The van der Waals surface area contributed by atoms with Crippen molar-refractivity contribution in [2.75, 3.05) is 5.73 Å². The van der Waals surface area contributed by atoms with Crippen molar-refractivity contribution in [1.82, 2.24) is 9.97 Å². The zero-order valence-corrected chi connectivity index (χ0v) is 13.3. The van der Waals surface area contributed by atoms with Crippen LogP contribution in [-0.2, 0) is 0 Å². The molecule has 3 rings (SSSR count). The van der Waals surface area contributed by atoms with E-state index in [1.165, 1.54) is 25.7 Å². The first-order chi connectivity index (χ1) is 9.63. The Balaban J connectivity index is 2.02. The molecule has 1 fully saturated rings. The molecular weight excluding hydrogens is 338 g/mol. The van der Waals surface area contributed by atoms with Crippen LogP contribution in [0.5, 0.6) is 0 Å². The highest BCUT2D eigenvalue weighted by Crippen LogP contribution is 2.35. The van der Waals surface area contributed by atoms with E-state index in [9.17, 15) is 0 Å². The molecule has 1 aliphatic rings. The molecule has 0 unspecified atom stereocenters. The zero-order chi connectivity index (χ0) is 14.1. The van der Waals surface area contributed by atoms with Crippen molar-refractivity contribution >= 4 is 33.3 Å². The summed E-state index contributed by atoms with van der Waals surface area (Å²) in [7, 11) is 0. The topological polar surface area (TPSA) is 51.8 Å². The standard InChI is InChI=1S/C15H15BrClN3/c16-11-6-5-10(7-12(11)17)15-19-13(8-14(18)20-15)9-3-1-2-4-9/h5-9H,1-4H2,(H2,18,19,20). The molecule has 3 nitrogen and oxygen atoms in total. The fourth-order valence-electron chi connectivity index (χ4n) is 2.68. The summed E-state index contributed by atoms with van der Waals surface area (Å²) >= 11 is 9.52. The molecule has 0 spiro atoms. The number of nitrogens with zero attached hydrogens (tertiary/aromatic N) is 2. The summed E-state index contributed by atoms with van der Waals surface area (Å²) in [5.74, 6) is 1.70. The first-order valence-electron chi connectivity index (χ1n) is 6.73. The SMILES string of the molecule is Nc1cc(C2CCCC2)nc(-c2ccc(Br)c(Cl)c2)n1. The average molecular weight is 353 g/mol. The Hall–Kier alpha value is -1.13. The molecule has 20 heavy (non-hydrogen) atoms. The van der Waals surface area contributed by atoms with Crippen LogP contribution in [0.15, 0.2) is 28.7 Å². The van der Waals surface area contributed by atoms with Gasteiger partial charge in [0.1, 0.15) is 5.82 Å². The molecule has 0 aliphatic heterocycles. The van der Waals surface area contributed by atoms with Crippen LogP contribution in [0, 0.1) is 0 Å². The highest BCUT2D eigenvalue weighted by Gasteiger charge is 2.20. The molecule has 1 aliphatic carbocycles. The van der Waals surface area contributed by atoms with E-state index in [0.29, 0.717) is 22.6 Å². The Morgan fingerprint density at radius 3 is 2.60 bits per heavy atom. The van der Waals surface area contributed by atoms with E-state index < -0.39 is 0 Å². The van der Waals surface area contributed by atoms with Gasteiger partial charge in [0.25, 0.3) is 0 Å². The Bertz CT molecular complexity index is 639. The number of nitrogen functional groups attached to an aromatic ring is 1. The molecule has 2 N–H and O–H groups in total. The summed E-state index contributed by atoms with van der Waals surface area (Å²) in [6.45, 7) is 0. The molecule has 1 heterocycles. The van der Waals surface area contributed by atoms with Crippen molar-refractivity contribution in [3.8, 4) is 11.4 Å². The molecule has 1 saturated carbocycles. The molecule has 0 bridgehead atoms. The number of hydrogen-bond donors (Lipinski definition) is 1. The van der Waals surface area contributed by atoms with Gasteiger partial charge >= 0.3 is 0 Å². The molecule has 104 valence electrons. The van der Waals surface area contributed by atoms with Gasteiger partial charge < -0.3 is 5.73 Å². The summed E-state index contributed by atoms with van der Waals surface area (Å²) in [6, 6.07) is 7.61. The van der Waals surface area contributed by atoms with Gasteiger partial charge in [0, 0.05) is 27.7 Å². The summed E-state index contributed by atoms with van der Waals surface area (Å²) in [5.41, 5.74) is 7.89. The van der Waals surface area contributed by atoms with Gasteiger partial charge in [-0.1, -0.05) is 24.4 Å². The van der Waals surface area contributed by atoms with Gasteiger partial charge in [0.05, 0.1) is 5.02 Å². The second kappa shape index (κ2) is 5.70. The lowest BCUT2D eigenvalue weighted by molar-refractivity contribution is 0.696. The number of anilines is 1. The highest BCUT2D eigenvalue weighted by atomic mass is 79.9. The molecule has 0 radical (unpaired) electrons. The quantitative estimate of drug-likeness (QED) is 0.844. The van der Waals surface area contributed by atoms with Crippen LogP contribution in [0.25, 0.3) is 11.4 Å². The Kier molecular flexibility index (Phi) is 3.94. The third-order valence-electron chi connectivity index (χ3n) is 3.72. The molecule has 0 amide bonds. The number of halogens is 2. The smallest absolute Gasteiger partial charge is 0.161 e. The number of benzene rings is 1. The van der Waals surface area contributed by atoms with Gasteiger partial charge in [-0.25, -0.2) is 9.97 Å². The second-order valence-electron chi connectivity index (χ2n) is 5.15. The summed E-state index contributed by atoms with van der Waals surface area (Å²) in [6.07, 6.45) is 4.93. The summed E-state index contributed by atoms with van der Waals surface area (Å²) in [4.78, 5) is 9.03. The van der Waals surface area contributed by atoms with Gasteiger partial charge in [-0.3, -0.25) is 0 Å². The van der Waals surface area contributed by atoms with Gasteiger partial charge in [0.2, 0.25) is 0 Å².